The number of phenolic OH excluding ortho intramolecular Hbond substituents is 1. The molecule has 1 aliphatic heterocycles. The summed E-state index contributed by atoms with van der Waals surface area (Å²) in [6.45, 7) is 1.89. The molecule has 4 N–H and O–H groups in total. The van der Waals surface area contributed by atoms with Crippen molar-refractivity contribution in [2.24, 2.45) is 0 Å². The second-order valence-electron chi connectivity index (χ2n) is 5.68. The molecule has 1 atom stereocenters. The Bertz CT molecular complexity index is 747. The van der Waals surface area contributed by atoms with Crippen molar-refractivity contribution in [3.05, 3.63) is 35.3 Å². The number of hydrogen-bond acceptors (Lipinski definition) is 5. The van der Waals surface area contributed by atoms with Crippen molar-refractivity contribution in [1.82, 2.24) is 15.5 Å². The van der Waals surface area contributed by atoms with Crippen LogP contribution in [0.3, 0.4) is 0 Å². The molecule has 0 fully saturated rings. The topological polar surface area (TPSA) is 93.7 Å². The maximum Gasteiger partial charge on any atom is 0.277 e. The van der Waals surface area contributed by atoms with E-state index in [-0.39, 0.29) is 40.6 Å². The van der Waals surface area contributed by atoms with Gasteiger partial charge in [-0.2, -0.15) is 0 Å². The molecule has 7 heteroatoms. The summed E-state index contributed by atoms with van der Waals surface area (Å²) < 4.78 is 0. The fraction of sp³-hybridized carbons (Fsp3) is 0.294. The van der Waals surface area contributed by atoms with E-state index in [2.05, 4.69) is 21.9 Å². The summed E-state index contributed by atoms with van der Waals surface area (Å²) in [7, 11) is 3.19. The lowest BCUT2D eigenvalue weighted by molar-refractivity contribution is -0.118. The first-order valence-electron chi connectivity index (χ1n) is 7.41. The largest absolute Gasteiger partial charge is 0.505 e. The van der Waals surface area contributed by atoms with Gasteiger partial charge in [-0.1, -0.05) is 6.07 Å². The van der Waals surface area contributed by atoms with Gasteiger partial charge in [-0.25, -0.2) is 0 Å². The second-order valence-corrected chi connectivity index (χ2v) is 5.68. The highest BCUT2D eigenvalue weighted by Crippen LogP contribution is 2.30. The van der Waals surface area contributed by atoms with E-state index in [1.807, 2.05) is 6.92 Å². The lowest BCUT2D eigenvalue weighted by atomic mass is 10.1. The minimum Gasteiger partial charge on any atom is -0.505 e. The highest BCUT2D eigenvalue weighted by molar-refractivity contribution is 6.05. The predicted molar refractivity (Wildman–Crippen MR) is 91.0 cm³/mol. The van der Waals surface area contributed by atoms with E-state index in [1.165, 1.54) is 11.0 Å². The van der Waals surface area contributed by atoms with Crippen molar-refractivity contribution in [2.75, 3.05) is 19.4 Å². The number of carbonyl (C=O) groups excluding carboxylic acids is 2. The van der Waals surface area contributed by atoms with Crippen LogP contribution >= 0.6 is 0 Å². The van der Waals surface area contributed by atoms with Crippen LogP contribution in [0.15, 0.2) is 29.7 Å². The van der Waals surface area contributed by atoms with Crippen LogP contribution in [-0.4, -0.2) is 42.0 Å². The molecule has 24 heavy (non-hydrogen) atoms. The van der Waals surface area contributed by atoms with Crippen LogP contribution in [0, 0.1) is 12.3 Å². The first kappa shape index (κ1) is 17.2. The Morgan fingerprint density at radius 1 is 1.46 bits per heavy atom. The Kier molecular flexibility index (Phi) is 4.99. The number of hydrogen-bond donors (Lipinski definition) is 4. The van der Waals surface area contributed by atoms with E-state index >= 15 is 0 Å². The molecule has 1 aliphatic rings. The van der Waals surface area contributed by atoms with Gasteiger partial charge in [0.2, 0.25) is 0 Å². The standard InChI is InChI=1S/C17H20N4O3/c1-5-7-10(2)18-15-13(16(23)20-15)19-12-9-6-8-11(14(12)22)17(24)21(3)4/h1,6,8-10,19,22H,7H2,2-4H3,(H2,18,20,23). The van der Waals surface area contributed by atoms with Gasteiger partial charge in [-0.15, -0.1) is 12.3 Å². The van der Waals surface area contributed by atoms with Gasteiger partial charge >= 0.3 is 0 Å². The molecule has 0 radical (unpaired) electrons. The number of anilines is 1. The van der Waals surface area contributed by atoms with Crippen LogP contribution in [0.25, 0.3) is 0 Å². The fourth-order valence-electron chi connectivity index (χ4n) is 2.18. The van der Waals surface area contributed by atoms with Gasteiger partial charge < -0.3 is 26.0 Å². The van der Waals surface area contributed by atoms with Crippen LogP contribution in [0.5, 0.6) is 5.75 Å². The Balaban J connectivity index is 2.24. The molecule has 1 aromatic rings. The normalized spacial score (nSPS) is 14.2. The lowest BCUT2D eigenvalue weighted by Crippen LogP contribution is -2.48. The molecular weight excluding hydrogens is 308 g/mol. The summed E-state index contributed by atoms with van der Waals surface area (Å²) in [5, 5.41) is 18.9. The average molecular weight is 328 g/mol. The number of nitrogens with one attached hydrogen (secondary N) is 3. The average Bonchev–Trinajstić information content (AvgIpc) is 2.53. The molecule has 1 heterocycles. The highest BCUT2D eigenvalue weighted by atomic mass is 16.3. The first-order chi connectivity index (χ1) is 11.3. The zero-order valence-electron chi connectivity index (χ0n) is 13.8. The maximum absolute atomic E-state index is 12.0. The zero-order valence-corrected chi connectivity index (χ0v) is 13.8. The highest BCUT2D eigenvalue weighted by Gasteiger charge is 2.29. The summed E-state index contributed by atoms with van der Waals surface area (Å²) in [5.41, 5.74) is 0.709. The molecule has 0 saturated heterocycles. The molecule has 2 rings (SSSR count). The number of benzene rings is 1. The summed E-state index contributed by atoms with van der Waals surface area (Å²) in [5.74, 6) is 2.19. The Hall–Kier alpha value is -3.14. The van der Waals surface area contributed by atoms with Crippen molar-refractivity contribution in [3.63, 3.8) is 0 Å². The fourth-order valence-corrected chi connectivity index (χ4v) is 2.18. The Morgan fingerprint density at radius 3 is 2.75 bits per heavy atom. The van der Waals surface area contributed by atoms with Gasteiger partial charge in [0.05, 0.1) is 11.3 Å². The third-order valence-electron chi connectivity index (χ3n) is 3.46. The third kappa shape index (κ3) is 3.43. The Labute approximate surface area is 140 Å². The van der Waals surface area contributed by atoms with Crippen molar-refractivity contribution in [3.8, 4) is 18.1 Å². The number of nitrogens with zero attached hydrogens (tertiary/aromatic N) is 1. The number of rotatable bonds is 6. The van der Waals surface area contributed by atoms with Gasteiger partial charge in [0.25, 0.3) is 11.8 Å². The van der Waals surface area contributed by atoms with Gasteiger partial charge in [0.1, 0.15) is 11.5 Å². The number of terminal acetylenes is 1. The van der Waals surface area contributed by atoms with Crippen molar-refractivity contribution in [1.29, 1.82) is 0 Å². The van der Waals surface area contributed by atoms with Crippen LogP contribution in [0.1, 0.15) is 23.7 Å². The smallest absolute Gasteiger partial charge is 0.277 e. The number of carbonyl (C=O) groups is 2. The van der Waals surface area contributed by atoms with Crippen molar-refractivity contribution < 1.29 is 14.7 Å². The van der Waals surface area contributed by atoms with E-state index in [0.29, 0.717) is 12.2 Å². The van der Waals surface area contributed by atoms with E-state index in [9.17, 15) is 14.7 Å². The molecule has 1 aromatic carbocycles. The third-order valence-corrected chi connectivity index (χ3v) is 3.46. The van der Waals surface area contributed by atoms with E-state index in [4.69, 9.17) is 6.42 Å². The number of phenols is 1. The molecular formula is C17H20N4O3. The SMILES string of the molecule is C#CCC(C)NC1=C(Nc2cccc(C(=O)N(C)C)c2O)C(=O)N1. The summed E-state index contributed by atoms with van der Waals surface area (Å²) in [6, 6.07) is 4.72. The molecule has 2 amide bonds. The van der Waals surface area contributed by atoms with Crippen LogP contribution in [-0.2, 0) is 4.79 Å². The van der Waals surface area contributed by atoms with E-state index < -0.39 is 0 Å². The molecule has 0 spiro atoms. The maximum atomic E-state index is 12.0. The van der Waals surface area contributed by atoms with E-state index in [0.717, 1.165) is 0 Å². The number of aromatic hydroxyl groups is 1. The van der Waals surface area contributed by atoms with E-state index in [1.54, 1.807) is 26.2 Å². The summed E-state index contributed by atoms with van der Waals surface area (Å²) >= 11 is 0. The zero-order chi connectivity index (χ0) is 17.9. The van der Waals surface area contributed by atoms with Crippen molar-refractivity contribution in [2.45, 2.75) is 19.4 Å². The number of amides is 2. The van der Waals surface area contributed by atoms with Gasteiger partial charge in [-0.05, 0) is 19.1 Å². The van der Waals surface area contributed by atoms with Crippen LogP contribution in [0.2, 0.25) is 0 Å². The quantitative estimate of drug-likeness (QED) is 0.458. The molecule has 126 valence electrons. The minimum absolute atomic E-state index is 0.0161. The van der Waals surface area contributed by atoms with Gasteiger partial charge in [0, 0.05) is 26.6 Å². The van der Waals surface area contributed by atoms with Gasteiger partial charge in [-0.3, -0.25) is 9.59 Å². The molecule has 0 saturated carbocycles. The second kappa shape index (κ2) is 6.96. The van der Waals surface area contributed by atoms with Crippen molar-refractivity contribution >= 4 is 17.5 Å². The number of para-hydroxylation sites is 1. The molecule has 0 bridgehead atoms. The Morgan fingerprint density at radius 2 is 2.17 bits per heavy atom. The summed E-state index contributed by atoms with van der Waals surface area (Å²) in [6.07, 6.45) is 5.77. The molecule has 0 aromatic heterocycles. The minimum atomic E-state index is -0.329. The molecule has 7 nitrogen and oxygen atoms in total. The predicted octanol–water partition coefficient (Wildman–Crippen LogP) is 0.806. The lowest BCUT2D eigenvalue weighted by Gasteiger charge is -2.28. The molecule has 0 aliphatic carbocycles. The monoisotopic (exact) mass is 328 g/mol. The van der Waals surface area contributed by atoms with Crippen LogP contribution in [0.4, 0.5) is 5.69 Å². The summed E-state index contributed by atoms with van der Waals surface area (Å²) in [4.78, 5) is 25.2. The molecule has 1 unspecified atom stereocenters. The first-order valence-corrected chi connectivity index (χ1v) is 7.41. The van der Waals surface area contributed by atoms with Crippen LogP contribution < -0.4 is 16.0 Å². The van der Waals surface area contributed by atoms with Gasteiger partial charge in [0.15, 0.2) is 5.75 Å².